The predicted molar refractivity (Wildman–Crippen MR) is 121 cm³/mol. The summed E-state index contributed by atoms with van der Waals surface area (Å²) in [5.74, 6) is -0.0382. The molecule has 2 aliphatic rings. The molecule has 0 atom stereocenters. The van der Waals surface area contributed by atoms with Crippen LogP contribution in [0.2, 0.25) is 0 Å². The van der Waals surface area contributed by atoms with Gasteiger partial charge in [-0.25, -0.2) is 4.98 Å². The van der Waals surface area contributed by atoms with E-state index in [1.807, 2.05) is 22.9 Å². The number of rotatable bonds is 6. The van der Waals surface area contributed by atoms with Crippen LogP contribution in [0.4, 0.5) is 0 Å². The number of carbonyl (C=O) groups excluding carboxylic acids is 2. The highest BCUT2D eigenvalue weighted by atomic mass is 32.1. The minimum atomic E-state index is -0.182. The fraction of sp³-hybridized carbons (Fsp3) is 0.429. The molecule has 1 saturated carbocycles. The molecular weight excluding hydrogens is 434 g/mol. The van der Waals surface area contributed by atoms with Crippen molar-refractivity contribution in [2.24, 2.45) is 0 Å². The maximum absolute atomic E-state index is 13.1. The van der Waals surface area contributed by atoms with E-state index in [2.05, 4.69) is 15.2 Å². The Balaban J connectivity index is 1.23. The molecule has 0 unspecified atom stereocenters. The van der Waals surface area contributed by atoms with E-state index >= 15 is 0 Å². The van der Waals surface area contributed by atoms with Crippen LogP contribution in [0.1, 0.15) is 12.8 Å². The van der Waals surface area contributed by atoms with E-state index in [9.17, 15) is 14.4 Å². The molecule has 31 heavy (non-hydrogen) atoms. The number of carbonyl (C=O) groups is 2. The molecule has 1 aliphatic carbocycles. The average molecular weight is 458 g/mol. The zero-order valence-corrected chi connectivity index (χ0v) is 18.6. The number of nitrogens with zero attached hydrogens (tertiary/aromatic N) is 4. The van der Waals surface area contributed by atoms with Crippen molar-refractivity contribution in [1.82, 2.24) is 24.7 Å². The van der Waals surface area contributed by atoms with E-state index in [0.717, 1.165) is 23.3 Å². The number of nitrogens with one attached hydrogen (secondary N) is 1. The van der Waals surface area contributed by atoms with E-state index in [-0.39, 0.29) is 23.9 Å². The Hall–Kier alpha value is -2.56. The monoisotopic (exact) mass is 457 g/mol. The number of aromatic nitrogens is 2. The van der Waals surface area contributed by atoms with E-state index < -0.39 is 0 Å². The summed E-state index contributed by atoms with van der Waals surface area (Å²) in [6.07, 6.45) is 3.62. The molecule has 8 nitrogen and oxygen atoms in total. The Morgan fingerprint density at radius 3 is 2.65 bits per heavy atom. The van der Waals surface area contributed by atoms with Crippen LogP contribution < -0.4 is 10.9 Å². The predicted octanol–water partition coefficient (Wildman–Crippen LogP) is 1.61. The van der Waals surface area contributed by atoms with Crippen molar-refractivity contribution >= 4 is 44.7 Å². The van der Waals surface area contributed by atoms with Crippen LogP contribution >= 0.6 is 22.7 Å². The molecule has 0 spiro atoms. The molecule has 0 radical (unpaired) electrons. The van der Waals surface area contributed by atoms with Gasteiger partial charge in [0.1, 0.15) is 11.4 Å². The fourth-order valence-electron chi connectivity index (χ4n) is 3.80. The molecule has 3 aromatic rings. The van der Waals surface area contributed by atoms with Crippen molar-refractivity contribution in [3.8, 4) is 10.4 Å². The van der Waals surface area contributed by atoms with Gasteiger partial charge in [-0.15, -0.1) is 22.7 Å². The van der Waals surface area contributed by atoms with Crippen molar-refractivity contribution in [3.63, 3.8) is 0 Å². The molecule has 0 aromatic carbocycles. The van der Waals surface area contributed by atoms with Gasteiger partial charge in [0.15, 0.2) is 0 Å². The normalized spacial score (nSPS) is 17.2. The third-order valence-electron chi connectivity index (χ3n) is 5.69. The second kappa shape index (κ2) is 8.52. The van der Waals surface area contributed by atoms with Gasteiger partial charge in [-0.05, 0) is 24.3 Å². The Kier molecular flexibility index (Phi) is 5.59. The number of thiophene rings is 2. The maximum Gasteiger partial charge on any atom is 0.263 e. The Morgan fingerprint density at radius 1 is 1.13 bits per heavy atom. The summed E-state index contributed by atoms with van der Waals surface area (Å²) in [6, 6.07) is 4.30. The minimum absolute atomic E-state index is 0.0241. The van der Waals surface area contributed by atoms with E-state index in [4.69, 9.17) is 0 Å². The summed E-state index contributed by atoms with van der Waals surface area (Å²) in [4.78, 5) is 47.9. The number of amides is 2. The molecule has 1 aliphatic heterocycles. The van der Waals surface area contributed by atoms with Gasteiger partial charge in [0, 0.05) is 48.0 Å². The van der Waals surface area contributed by atoms with Crippen LogP contribution in [0.5, 0.6) is 0 Å². The fourth-order valence-corrected chi connectivity index (χ4v) is 5.52. The maximum atomic E-state index is 13.1. The molecule has 162 valence electrons. The lowest BCUT2D eigenvalue weighted by atomic mass is 10.2. The van der Waals surface area contributed by atoms with Crippen LogP contribution in [0, 0.1) is 0 Å². The van der Waals surface area contributed by atoms with Crippen molar-refractivity contribution in [2.75, 3.05) is 32.7 Å². The summed E-state index contributed by atoms with van der Waals surface area (Å²) < 4.78 is 1.41. The van der Waals surface area contributed by atoms with Crippen LogP contribution in [-0.4, -0.2) is 69.9 Å². The topological polar surface area (TPSA) is 87.5 Å². The van der Waals surface area contributed by atoms with Crippen molar-refractivity contribution in [2.45, 2.75) is 25.4 Å². The first kappa shape index (κ1) is 20.3. The number of piperazine rings is 1. The second-order valence-electron chi connectivity index (χ2n) is 7.98. The molecule has 1 N–H and O–H groups in total. The Morgan fingerprint density at radius 2 is 1.94 bits per heavy atom. The van der Waals surface area contributed by atoms with Gasteiger partial charge >= 0.3 is 0 Å². The number of fused-ring (bicyclic) bond motifs is 1. The summed E-state index contributed by atoms with van der Waals surface area (Å²) in [6.45, 7) is 2.77. The first-order valence-corrected chi connectivity index (χ1v) is 12.1. The van der Waals surface area contributed by atoms with E-state index in [1.54, 1.807) is 16.2 Å². The minimum Gasteiger partial charge on any atom is -0.352 e. The SMILES string of the molecule is O=C(CN1CCN(C(=O)Cn2cnc3scc(-c4cccs4)c3c2=O)CC1)NC1CC1. The van der Waals surface area contributed by atoms with Crippen LogP contribution in [0.3, 0.4) is 0 Å². The van der Waals surface area contributed by atoms with Crippen LogP contribution in [-0.2, 0) is 16.1 Å². The van der Waals surface area contributed by atoms with Crippen molar-refractivity contribution < 1.29 is 9.59 Å². The molecule has 1 saturated heterocycles. The third kappa shape index (κ3) is 4.41. The van der Waals surface area contributed by atoms with Gasteiger partial charge in [-0.3, -0.25) is 23.9 Å². The second-order valence-corrected chi connectivity index (χ2v) is 9.79. The molecule has 2 fully saturated rings. The highest BCUT2D eigenvalue weighted by Crippen LogP contribution is 2.33. The molecule has 4 heterocycles. The third-order valence-corrected chi connectivity index (χ3v) is 7.48. The Labute approximate surface area is 187 Å². The zero-order chi connectivity index (χ0) is 21.4. The molecule has 0 bridgehead atoms. The van der Waals surface area contributed by atoms with Crippen molar-refractivity contribution in [3.05, 3.63) is 39.6 Å². The molecular formula is C21H23N5O3S2. The lowest BCUT2D eigenvalue weighted by Crippen LogP contribution is -2.52. The van der Waals surface area contributed by atoms with Gasteiger partial charge in [-0.2, -0.15) is 0 Å². The highest BCUT2D eigenvalue weighted by Gasteiger charge is 2.26. The average Bonchev–Trinajstić information content (AvgIpc) is 3.24. The largest absolute Gasteiger partial charge is 0.352 e. The van der Waals surface area contributed by atoms with E-state index in [1.165, 1.54) is 22.2 Å². The summed E-state index contributed by atoms with van der Waals surface area (Å²) in [5, 5.41) is 7.51. The smallest absolute Gasteiger partial charge is 0.263 e. The lowest BCUT2D eigenvalue weighted by Gasteiger charge is -2.34. The van der Waals surface area contributed by atoms with Crippen molar-refractivity contribution in [1.29, 1.82) is 0 Å². The molecule has 10 heteroatoms. The van der Waals surface area contributed by atoms with Crippen LogP contribution in [0.25, 0.3) is 20.7 Å². The first-order chi connectivity index (χ1) is 15.1. The Bertz CT molecular complexity index is 1160. The van der Waals surface area contributed by atoms with Crippen LogP contribution in [0.15, 0.2) is 34.0 Å². The first-order valence-electron chi connectivity index (χ1n) is 10.4. The van der Waals surface area contributed by atoms with E-state index in [0.29, 0.717) is 49.0 Å². The summed E-state index contributed by atoms with van der Waals surface area (Å²) >= 11 is 3.02. The summed E-state index contributed by atoms with van der Waals surface area (Å²) in [7, 11) is 0. The molecule has 2 amide bonds. The molecule has 3 aromatic heterocycles. The molecule has 5 rings (SSSR count). The van der Waals surface area contributed by atoms with Gasteiger partial charge < -0.3 is 10.2 Å². The lowest BCUT2D eigenvalue weighted by molar-refractivity contribution is -0.134. The standard InChI is InChI=1S/C21H23N5O3S2/c27-17(23-14-3-4-14)10-24-5-7-25(8-6-24)18(28)11-26-13-22-20-19(21(26)29)15(12-31-20)16-2-1-9-30-16/h1-2,9,12-14H,3-8,10-11H2,(H,23,27). The quantitative estimate of drug-likeness (QED) is 0.608. The zero-order valence-electron chi connectivity index (χ0n) is 17.0. The number of hydrogen-bond donors (Lipinski definition) is 1. The number of hydrogen-bond acceptors (Lipinski definition) is 7. The van der Waals surface area contributed by atoms with Gasteiger partial charge in [0.25, 0.3) is 5.56 Å². The van der Waals surface area contributed by atoms with Gasteiger partial charge in [-0.1, -0.05) is 6.07 Å². The van der Waals surface area contributed by atoms with Gasteiger partial charge in [0.2, 0.25) is 11.8 Å². The van der Waals surface area contributed by atoms with Gasteiger partial charge in [0.05, 0.1) is 18.3 Å². The highest BCUT2D eigenvalue weighted by molar-refractivity contribution is 7.18. The summed E-state index contributed by atoms with van der Waals surface area (Å²) in [5.41, 5.74) is 0.700.